The van der Waals surface area contributed by atoms with Crippen LogP contribution in [0.5, 0.6) is 0 Å². The summed E-state index contributed by atoms with van der Waals surface area (Å²) in [6, 6.07) is 5.44. The predicted octanol–water partition coefficient (Wildman–Crippen LogP) is 4.58. The summed E-state index contributed by atoms with van der Waals surface area (Å²) in [5, 5.41) is 7.42. The van der Waals surface area contributed by atoms with E-state index in [4.69, 9.17) is 23.2 Å². The Morgan fingerprint density at radius 3 is 2.50 bits per heavy atom. The minimum atomic E-state index is 0.481. The van der Waals surface area contributed by atoms with Crippen molar-refractivity contribution < 1.29 is 0 Å². The normalized spacial score (nSPS) is 10.4. The Morgan fingerprint density at radius 2 is 1.80 bits per heavy atom. The molecule has 6 heteroatoms. The standard InChI is InChI=1S/C14H16Cl2N4/c1-4-17-13-8(2)14(19-9(3)18-13)20-11-7-5-6-10(15)12(11)16/h5-7H,4H2,1-3H3,(H2,17,18,19,20). The summed E-state index contributed by atoms with van der Waals surface area (Å²) < 4.78 is 0. The zero-order valence-electron chi connectivity index (χ0n) is 11.6. The topological polar surface area (TPSA) is 49.8 Å². The summed E-state index contributed by atoms with van der Waals surface area (Å²) in [4.78, 5) is 8.80. The van der Waals surface area contributed by atoms with Crippen LogP contribution in [-0.2, 0) is 0 Å². The Hall–Kier alpha value is -1.52. The van der Waals surface area contributed by atoms with Crippen molar-refractivity contribution in [1.82, 2.24) is 9.97 Å². The number of aromatic nitrogens is 2. The summed E-state index contributed by atoms with van der Waals surface area (Å²) in [6.45, 7) is 6.63. The van der Waals surface area contributed by atoms with Crippen LogP contribution < -0.4 is 10.6 Å². The third-order valence-electron chi connectivity index (χ3n) is 2.81. The molecule has 106 valence electrons. The summed E-state index contributed by atoms with van der Waals surface area (Å²) in [6.07, 6.45) is 0. The molecule has 2 rings (SSSR count). The number of nitrogens with zero attached hydrogens (tertiary/aromatic N) is 2. The van der Waals surface area contributed by atoms with Crippen LogP contribution in [0.2, 0.25) is 10.0 Å². The van der Waals surface area contributed by atoms with E-state index in [1.54, 1.807) is 6.07 Å². The van der Waals surface area contributed by atoms with Gasteiger partial charge in [0, 0.05) is 12.1 Å². The van der Waals surface area contributed by atoms with Crippen molar-refractivity contribution in [2.45, 2.75) is 20.8 Å². The minimum absolute atomic E-state index is 0.481. The van der Waals surface area contributed by atoms with Gasteiger partial charge < -0.3 is 10.6 Å². The Kier molecular flexibility index (Phi) is 4.68. The molecule has 4 nitrogen and oxygen atoms in total. The third-order valence-corrected chi connectivity index (χ3v) is 3.63. The van der Waals surface area contributed by atoms with E-state index >= 15 is 0 Å². The van der Waals surface area contributed by atoms with Crippen LogP contribution in [0, 0.1) is 13.8 Å². The maximum Gasteiger partial charge on any atom is 0.139 e. The van der Waals surface area contributed by atoms with Gasteiger partial charge in [-0.25, -0.2) is 9.97 Å². The van der Waals surface area contributed by atoms with Gasteiger partial charge in [-0.05, 0) is 32.9 Å². The number of halogens is 2. The molecule has 0 amide bonds. The van der Waals surface area contributed by atoms with Gasteiger partial charge in [0.05, 0.1) is 15.7 Å². The van der Waals surface area contributed by atoms with Crippen LogP contribution in [0.25, 0.3) is 0 Å². The largest absolute Gasteiger partial charge is 0.370 e. The number of hydrogen-bond donors (Lipinski definition) is 2. The van der Waals surface area contributed by atoms with Gasteiger partial charge in [0.15, 0.2) is 0 Å². The van der Waals surface area contributed by atoms with Crippen LogP contribution in [0.4, 0.5) is 17.3 Å². The van der Waals surface area contributed by atoms with Crippen molar-refractivity contribution in [3.05, 3.63) is 39.6 Å². The predicted molar refractivity (Wildman–Crippen MR) is 85.4 cm³/mol. The lowest BCUT2D eigenvalue weighted by Crippen LogP contribution is -2.07. The molecule has 0 saturated carbocycles. The van der Waals surface area contributed by atoms with Gasteiger partial charge in [-0.15, -0.1) is 0 Å². The van der Waals surface area contributed by atoms with Crippen molar-refractivity contribution in [2.75, 3.05) is 17.2 Å². The van der Waals surface area contributed by atoms with Crippen LogP contribution in [0.15, 0.2) is 18.2 Å². The summed E-state index contributed by atoms with van der Waals surface area (Å²) >= 11 is 12.2. The lowest BCUT2D eigenvalue weighted by atomic mass is 10.2. The number of rotatable bonds is 4. The van der Waals surface area contributed by atoms with E-state index in [1.165, 1.54) is 0 Å². The highest BCUT2D eigenvalue weighted by Gasteiger charge is 2.11. The highest BCUT2D eigenvalue weighted by molar-refractivity contribution is 6.43. The maximum absolute atomic E-state index is 6.18. The Morgan fingerprint density at radius 1 is 1.10 bits per heavy atom. The van der Waals surface area contributed by atoms with E-state index in [0.717, 1.165) is 29.4 Å². The van der Waals surface area contributed by atoms with E-state index in [9.17, 15) is 0 Å². The van der Waals surface area contributed by atoms with E-state index in [2.05, 4.69) is 20.6 Å². The molecule has 2 N–H and O–H groups in total. The average Bonchev–Trinajstić information content (AvgIpc) is 2.40. The molecule has 0 aliphatic rings. The van der Waals surface area contributed by atoms with Gasteiger partial charge in [0.25, 0.3) is 0 Å². The Bertz CT molecular complexity index is 629. The van der Waals surface area contributed by atoms with Crippen LogP contribution in [0.1, 0.15) is 18.3 Å². The summed E-state index contributed by atoms with van der Waals surface area (Å²) in [5.74, 6) is 2.23. The van der Waals surface area contributed by atoms with Gasteiger partial charge in [0.2, 0.25) is 0 Å². The molecule has 0 spiro atoms. The molecule has 1 aromatic carbocycles. The van der Waals surface area contributed by atoms with Crippen molar-refractivity contribution in [1.29, 1.82) is 0 Å². The zero-order chi connectivity index (χ0) is 14.7. The minimum Gasteiger partial charge on any atom is -0.370 e. The molecule has 0 saturated heterocycles. The van der Waals surface area contributed by atoms with E-state index in [0.29, 0.717) is 15.9 Å². The molecule has 1 heterocycles. The number of aryl methyl sites for hydroxylation is 1. The van der Waals surface area contributed by atoms with E-state index < -0.39 is 0 Å². The van der Waals surface area contributed by atoms with Gasteiger partial charge in [0.1, 0.15) is 17.5 Å². The first-order valence-electron chi connectivity index (χ1n) is 6.33. The summed E-state index contributed by atoms with van der Waals surface area (Å²) in [7, 11) is 0. The van der Waals surface area contributed by atoms with Crippen LogP contribution >= 0.6 is 23.2 Å². The van der Waals surface area contributed by atoms with Gasteiger partial charge in [-0.1, -0.05) is 29.3 Å². The molecule has 0 aliphatic carbocycles. The fourth-order valence-electron chi connectivity index (χ4n) is 1.82. The maximum atomic E-state index is 6.18. The number of hydrogen-bond acceptors (Lipinski definition) is 4. The van der Waals surface area contributed by atoms with E-state index in [1.807, 2.05) is 32.9 Å². The van der Waals surface area contributed by atoms with Gasteiger partial charge in [-0.2, -0.15) is 0 Å². The third kappa shape index (κ3) is 3.14. The second-order valence-electron chi connectivity index (χ2n) is 4.35. The SMILES string of the molecule is CCNc1nc(C)nc(Nc2cccc(Cl)c2Cl)c1C. The molecule has 0 fully saturated rings. The quantitative estimate of drug-likeness (QED) is 0.868. The Balaban J connectivity index is 2.40. The highest BCUT2D eigenvalue weighted by Crippen LogP contribution is 2.32. The van der Waals surface area contributed by atoms with Crippen molar-refractivity contribution >= 4 is 40.5 Å². The fraction of sp³-hybridized carbons (Fsp3) is 0.286. The van der Waals surface area contributed by atoms with E-state index in [-0.39, 0.29) is 0 Å². The molecular weight excluding hydrogens is 295 g/mol. The Labute approximate surface area is 128 Å². The lowest BCUT2D eigenvalue weighted by molar-refractivity contribution is 1.02. The van der Waals surface area contributed by atoms with Crippen molar-refractivity contribution in [3.8, 4) is 0 Å². The lowest BCUT2D eigenvalue weighted by Gasteiger charge is -2.14. The van der Waals surface area contributed by atoms with Crippen molar-refractivity contribution in [3.63, 3.8) is 0 Å². The van der Waals surface area contributed by atoms with Crippen LogP contribution in [-0.4, -0.2) is 16.5 Å². The molecule has 0 unspecified atom stereocenters. The molecule has 0 radical (unpaired) electrons. The zero-order valence-corrected chi connectivity index (χ0v) is 13.1. The monoisotopic (exact) mass is 310 g/mol. The molecule has 0 bridgehead atoms. The molecule has 20 heavy (non-hydrogen) atoms. The molecular formula is C14H16Cl2N4. The molecule has 1 aromatic heterocycles. The average molecular weight is 311 g/mol. The first-order chi connectivity index (χ1) is 9.52. The van der Waals surface area contributed by atoms with Gasteiger partial charge in [-0.3, -0.25) is 0 Å². The van der Waals surface area contributed by atoms with Gasteiger partial charge >= 0.3 is 0 Å². The number of benzene rings is 1. The fourth-order valence-corrected chi connectivity index (χ4v) is 2.17. The van der Waals surface area contributed by atoms with Crippen molar-refractivity contribution in [2.24, 2.45) is 0 Å². The smallest absolute Gasteiger partial charge is 0.139 e. The first kappa shape index (κ1) is 14.9. The molecule has 2 aromatic rings. The second kappa shape index (κ2) is 6.29. The summed E-state index contributed by atoms with van der Waals surface area (Å²) in [5.41, 5.74) is 1.66. The highest BCUT2D eigenvalue weighted by atomic mass is 35.5. The number of nitrogens with one attached hydrogen (secondary N) is 2. The molecule has 0 aliphatic heterocycles. The number of anilines is 3. The molecule has 0 atom stereocenters. The first-order valence-corrected chi connectivity index (χ1v) is 7.08. The van der Waals surface area contributed by atoms with Crippen LogP contribution in [0.3, 0.4) is 0 Å². The second-order valence-corrected chi connectivity index (χ2v) is 5.13.